The van der Waals surface area contributed by atoms with Crippen molar-refractivity contribution in [2.45, 2.75) is 45.3 Å². The van der Waals surface area contributed by atoms with E-state index >= 15 is 0 Å². The Morgan fingerprint density at radius 1 is 1.00 bits per heavy atom. The normalized spacial score (nSPS) is 15.9. The minimum absolute atomic E-state index is 0.443. The largest absolute Gasteiger partial charge is 0.493 e. The van der Waals surface area contributed by atoms with Crippen LogP contribution in [0, 0.1) is 0 Å². The minimum atomic E-state index is 0.443. The third-order valence-corrected chi connectivity index (χ3v) is 5.48. The molecule has 0 aromatic heterocycles. The molecule has 1 atom stereocenters. The Morgan fingerprint density at radius 3 is 2.50 bits per heavy atom. The van der Waals surface area contributed by atoms with E-state index in [9.17, 15) is 0 Å². The maximum Gasteiger partial charge on any atom is 0.161 e. The summed E-state index contributed by atoms with van der Waals surface area (Å²) in [6.07, 6.45) is 4.99. The summed E-state index contributed by atoms with van der Waals surface area (Å²) >= 11 is 0. The van der Waals surface area contributed by atoms with Crippen LogP contribution in [0.5, 0.6) is 11.5 Å². The third kappa shape index (κ3) is 5.73. The number of ether oxygens (including phenoxy) is 2. The molecule has 1 aliphatic heterocycles. The average Bonchev–Trinajstić information content (AvgIpc) is 2.76. The zero-order valence-corrected chi connectivity index (χ0v) is 17.3. The Labute approximate surface area is 169 Å². The van der Waals surface area contributed by atoms with Crippen molar-refractivity contribution in [2.24, 2.45) is 0 Å². The predicted molar refractivity (Wildman–Crippen MR) is 115 cm³/mol. The highest BCUT2D eigenvalue weighted by atomic mass is 16.5. The fraction of sp³-hybridized carbons (Fsp3) is 0.500. The second kappa shape index (κ2) is 11.1. The first kappa shape index (κ1) is 20.7. The van der Waals surface area contributed by atoms with Gasteiger partial charge in [0.15, 0.2) is 11.5 Å². The van der Waals surface area contributed by atoms with Gasteiger partial charge in [-0.25, -0.2) is 0 Å². The fourth-order valence-electron chi connectivity index (χ4n) is 3.89. The average molecular weight is 383 g/mol. The van der Waals surface area contributed by atoms with E-state index in [-0.39, 0.29) is 0 Å². The summed E-state index contributed by atoms with van der Waals surface area (Å²) in [6.45, 7) is 7.15. The summed E-state index contributed by atoms with van der Waals surface area (Å²) in [5, 5.41) is 3.47. The van der Waals surface area contributed by atoms with Crippen molar-refractivity contribution in [3.63, 3.8) is 0 Å². The van der Waals surface area contributed by atoms with Crippen LogP contribution in [-0.4, -0.2) is 38.2 Å². The number of nitrogens with one attached hydrogen (secondary N) is 1. The molecule has 0 unspecified atom stereocenters. The summed E-state index contributed by atoms with van der Waals surface area (Å²) in [4.78, 5) is 2.62. The summed E-state index contributed by atoms with van der Waals surface area (Å²) in [5.74, 6) is 1.63. The lowest BCUT2D eigenvalue weighted by molar-refractivity contribution is 0.162. The number of hydrogen-bond acceptors (Lipinski definition) is 4. The van der Waals surface area contributed by atoms with Crippen molar-refractivity contribution in [2.75, 3.05) is 33.3 Å². The lowest BCUT2D eigenvalue weighted by Gasteiger charge is -2.35. The van der Waals surface area contributed by atoms with E-state index in [2.05, 4.69) is 47.5 Å². The van der Waals surface area contributed by atoms with Crippen LogP contribution in [0.2, 0.25) is 0 Å². The van der Waals surface area contributed by atoms with Crippen LogP contribution in [0.1, 0.15) is 49.8 Å². The minimum Gasteiger partial charge on any atom is -0.493 e. The topological polar surface area (TPSA) is 33.7 Å². The number of nitrogens with zero attached hydrogens (tertiary/aromatic N) is 1. The van der Waals surface area contributed by atoms with Crippen molar-refractivity contribution in [1.29, 1.82) is 0 Å². The van der Waals surface area contributed by atoms with Crippen LogP contribution >= 0.6 is 0 Å². The summed E-state index contributed by atoms with van der Waals surface area (Å²) in [7, 11) is 1.71. The van der Waals surface area contributed by atoms with Gasteiger partial charge in [-0.05, 0) is 29.7 Å². The fourth-order valence-corrected chi connectivity index (χ4v) is 3.89. The molecular weight excluding hydrogens is 348 g/mol. The van der Waals surface area contributed by atoms with Gasteiger partial charge in [0.2, 0.25) is 0 Å². The molecule has 4 heteroatoms. The second-order valence-corrected chi connectivity index (χ2v) is 7.48. The van der Waals surface area contributed by atoms with E-state index < -0.39 is 0 Å². The van der Waals surface area contributed by atoms with Crippen LogP contribution in [0.4, 0.5) is 0 Å². The summed E-state index contributed by atoms with van der Waals surface area (Å²) in [6, 6.07) is 17.2. The second-order valence-electron chi connectivity index (χ2n) is 7.48. The molecule has 0 bridgehead atoms. The van der Waals surface area contributed by atoms with Crippen LogP contribution in [-0.2, 0) is 6.61 Å². The molecule has 1 heterocycles. The van der Waals surface area contributed by atoms with E-state index in [1.165, 1.54) is 31.2 Å². The Morgan fingerprint density at radius 2 is 1.79 bits per heavy atom. The SMILES string of the molecule is CCCCC[C@H](c1ccc(OC)c(OCc2ccccc2)c1)N1CCNCC1. The van der Waals surface area contributed by atoms with Gasteiger partial charge in [0.05, 0.1) is 7.11 Å². The number of unbranched alkanes of at least 4 members (excludes halogenated alkanes) is 2. The van der Waals surface area contributed by atoms with Crippen LogP contribution < -0.4 is 14.8 Å². The van der Waals surface area contributed by atoms with Crippen molar-refractivity contribution < 1.29 is 9.47 Å². The number of rotatable bonds is 10. The molecule has 0 saturated carbocycles. The molecule has 1 fully saturated rings. The van der Waals surface area contributed by atoms with Gasteiger partial charge in [0.1, 0.15) is 6.61 Å². The Kier molecular flexibility index (Phi) is 8.19. The number of benzene rings is 2. The van der Waals surface area contributed by atoms with Gasteiger partial charge in [-0.1, -0.05) is 62.6 Å². The summed E-state index contributed by atoms with van der Waals surface area (Å²) in [5.41, 5.74) is 2.50. The molecule has 28 heavy (non-hydrogen) atoms. The van der Waals surface area contributed by atoms with Gasteiger partial charge in [-0.2, -0.15) is 0 Å². The smallest absolute Gasteiger partial charge is 0.161 e. The van der Waals surface area contributed by atoms with Crippen LogP contribution in [0.3, 0.4) is 0 Å². The molecule has 3 rings (SSSR count). The highest BCUT2D eigenvalue weighted by molar-refractivity contribution is 5.44. The predicted octanol–water partition coefficient (Wildman–Crippen LogP) is 4.80. The van der Waals surface area contributed by atoms with Crippen molar-refractivity contribution >= 4 is 0 Å². The maximum atomic E-state index is 6.16. The van der Waals surface area contributed by atoms with Crippen LogP contribution in [0.15, 0.2) is 48.5 Å². The Bertz CT molecular complexity index is 699. The highest BCUT2D eigenvalue weighted by Crippen LogP contribution is 2.35. The Hall–Kier alpha value is -2.04. The molecule has 152 valence electrons. The lowest BCUT2D eigenvalue weighted by Crippen LogP contribution is -2.45. The van der Waals surface area contributed by atoms with Gasteiger partial charge in [-0.15, -0.1) is 0 Å². The monoisotopic (exact) mass is 382 g/mol. The standard InChI is InChI=1S/C24H34N2O2/c1-3-4-6-11-22(26-16-14-25-15-17-26)21-12-13-23(27-2)24(18-21)28-19-20-9-7-5-8-10-20/h5,7-10,12-13,18,22,25H,3-4,6,11,14-17,19H2,1-2H3/t22-/m1/s1. The van der Waals surface area contributed by atoms with Crippen molar-refractivity contribution in [1.82, 2.24) is 10.2 Å². The van der Waals surface area contributed by atoms with Crippen molar-refractivity contribution in [3.05, 3.63) is 59.7 Å². The molecule has 0 amide bonds. The van der Waals surface area contributed by atoms with Gasteiger partial charge >= 0.3 is 0 Å². The molecule has 0 spiro atoms. The van der Waals surface area contributed by atoms with Crippen molar-refractivity contribution in [3.8, 4) is 11.5 Å². The molecule has 1 aliphatic rings. The van der Waals surface area contributed by atoms with E-state index in [0.29, 0.717) is 12.6 Å². The number of methoxy groups -OCH3 is 1. The number of piperazine rings is 1. The van der Waals surface area contributed by atoms with Gasteiger partial charge in [0.25, 0.3) is 0 Å². The van der Waals surface area contributed by atoms with E-state index in [1.807, 2.05) is 18.2 Å². The molecule has 1 saturated heterocycles. The van der Waals surface area contributed by atoms with Gasteiger partial charge < -0.3 is 14.8 Å². The maximum absolute atomic E-state index is 6.16. The first-order valence-corrected chi connectivity index (χ1v) is 10.6. The Balaban J connectivity index is 1.78. The molecule has 4 nitrogen and oxygen atoms in total. The van der Waals surface area contributed by atoms with Gasteiger partial charge in [0, 0.05) is 32.2 Å². The number of hydrogen-bond donors (Lipinski definition) is 1. The molecule has 1 N–H and O–H groups in total. The quantitative estimate of drug-likeness (QED) is 0.599. The molecule has 2 aromatic rings. The van der Waals surface area contributed by atoms with Crippen LogP contribution in [0.25, 0.3) is 0 Å². The first-order chi connectivity index (χ1) is 13.8. The van der Waals surface area contributed by atoms with Gasteiger partial charge in [-0.3, -0.25) is 4.90 Å². The summed E-state index contributed by atoms with van der Waals surface area (Å²) < 4.78 is 11.7. The zero-order valence-electron chi connectivity index (χ0n) is 17.3. The molecule has 0 radical (unpaired) electrons. The molecular formula is C24H34N2O2. The lowest BCUT2D eigenvalue weighted by atomic mass is 9.97. The van der Waals surface area contributed by atoms with E-state index in [0.717, 1.165) is 43.2 Å². The van der Waals surface area contributed by atoms with E-state index in [1.54, 1.807) is 7.11 Å². The highest BCUT2D eigenvalue weighted by Gasteiger charge is 2.23. The third-order valence-electron chi connectivity index (χ3n) is 5.48. The molecule has 2 aromatic carbocycles. The molecule has 0 aliphatic carbocycles. The first-order valence-electron chi connectivity index (χ1n) is 10.6. The zero-order chi connectivity index (χ0) is 19.6. The van der Waals surface area contributed by atoms with E-state index in [4.69, 9.17) is 9.47 Å².